The molecule has 0 spiro atoms. The molecule has 0 fully saturated rings. The quantitative estimate of drug-likeness (QED) is 0.808. The number of pyridine rings is 1. The highest BCUT2D eigenvalue weighted by molar-refractivity contribution is 5.85. The van der Waals surface area contributed by atoms with Gasteiger partial charge in [-0.05, 0) is 19.4 Å². The SMILES string of the molecule is CCCC(C)Oc1cccc(C(=O)O)n1. The fraction of sp³-hybridized carbons (Fsp3) is 0.455. The number of carboxylic acids is 1. The summed E-state index contributed by atoms with van der Waals surface area (Å²) in [4.78, 5) is 14.5. The van der Waals surface area contributed by atoms with Crippen molar-refractivity contribution in [3.05, 3.63) is 23.9 Å². The Labute approximate surface area is 88.9 Å². The van der Waals surface area contributed by atoms with Crippen LogP contribution >= 0.6 is 0 Å². The summed E-state index contributed by atoms with van der Waals surface area (Å²) in [6, 6.07) is 4.74. The van der Waals surface area contributed by atoms with Gasteiger partial charge in [0.1, 0.15) is 0 Å². The number of carbonyl (C=O) groups is 1. The fourth-order valence-electron chi connectivity index (χ4n) is 1.27. The second kappa shape index (κ2) is 5.34. The molecule has 82 valence electrons. The van der Waals surface area contributed by atoms with E-state index in [4.69, 9.17) is 9.84 Å². The summed E-state index contributed by atoms with van der Waals surface area (Å²) in [5.74, 6) is -0.667. The first kappa shape index (κ1) is 11.5. The Morgan fingerprint density at radius 1 is 1.60 bits per heavy atom. The molecule has 1 atom stereocenters. The molecule has 15 heavy (non-hydrogen) atoms. The predicted octanol–water partition coefficient (Wildman–Crippen LogP) is 2.35. The van der Waals surface area contributed by atoms with E-state index in [1.54, 1.807) is 12.1 Å². The lowest BCUT2D eigenvalue weighted by atomic mass is 10.2. The minimum atomic E-state index is -1.04. The summed E-state index contributed by atoms with van der Waals surface area (Å²) >= 11 is 0. The van der Waals surface area contributed by atoms with Crippen LogP contribution in [-0.4, -0.2) is 22.2 Å². The van der Waals surface area contributed by atoms with Gasteiger partial charge in [0.2, 0.25) is 5.88 Å². The maximum atomic E-state index is 10.6. The highest BCUT2D eigenvalue weighted by atomic mass is 16.5. The number of ether oxygens (including phenoxy) is 1. The van der Waals surface area contributed by atoms with Crippen LogP contribution in [0.5, 0.6) is 5.88 Å². The van der Waals surface area contributed by atoms with Crippen LogP contribution in [-0.2, 0) is 0 Å². The minimum absolute atomic E-state index is 0.0104. The predicted molar refractivity (Wildman–Crippen MR) is 56.2 cm³/mol. The Bertz CT molecular complexity index is 338. The highest BCUT2D eigenvalue weighted by Gasteiger charge is 2.08. The molecule has 1 aromatic heterocycles. The first-order chi connectivity index (χ1) is 7.13. The lowest BCUT2D eigenvalue weighted by molar-refractivity contribution is 0.0688. The first-order valence-corrected chi connectivity index (χ1v) is 5.00. The fourth-order valence-corrected chi connectivity index (χ4v) is 1.27. The van der Waals surface area contributed by atoms with E-state index in [1.807, 2.05) is 6.92 Å². The molecule has 0 saturated heterocycles. The normalized spacial score (nSPS) is 12.1. The Hall–Kier alpha value is -1.58. The van der Waals surface area contributed by atoms with Gasteiger partial charge in [-0.2, -0.15) is 0 Å². The van der Waals surface area contributed by atoms with Crippen molar-refractivity contribution in [2.45, 2.75) is 32.8 Å². The third-order valence-corrected chi connectivity index (χ3v) is 1.96. The van der Waals surface area contributed by atoms with Crippen LogP contribution in [0.1, 0.15) is 37.2 Å². The summed E-state index contributed by atoms with van der Waals surface area (Å²) in [5.41, 5.74) is 0.0104. The minimum Gasteiger partial charge on any atom is -0.477 e. The maximum absolute atomic E-state index is 10.6. The third-order valence-electron chi connectivity index (χ3n) is 1.96. The van der Waals surface area contributed by atoms with Gasteiger partial charge in [-0.25, -0.2) is 9.78 Å². The molecule has 1 rings (SSSR count). The van der Waals surface area contributed by atoms with Gasteiger partial charge >= 0.3 is 5.97 Å². The Kier molecular flexibility index (Phi) is 4.09. The van der Waals surface area contributed by atoms with E-state index >= 15 is 0 Å². The van der Waals surface area contributed by atoms with Crippen LogP contribution in [0.2, 0.25) is 0 Å². The summed E-state index contributed by atoms with van der Waals surface area (Å²) in [6.45, 7) is 4.01. The van der Waals surface area contributed by atoms with Crippen molar-refractivity contribution in [2.75, 3.05) is 0 Å². The van der Waals surface area contributed by atoms with Crippen molar-refractivity contribution < 1.29 is 14.6 Å². The van der Waals surface area contributed by atoms with Gasteiger partial charge in [-0.15, -0.1) is 0 Å². The van der Waals surface area contributed by atoms with E-state index in [1.165, 1.54) is 6.07 Å². The van der Waals surface area contributed by atoms with Gasteiger partial charge in [-0.1, -0.05) is 19.4 Å². The lowest BCUT2D eigenvalue weighted by Gasteiger charge is -2.12. The van der Waals surface area contributed by atoms with Crippen LogP contribution in [0.25, 0.3) is 0 Å². The van der Waals surface area contributed by atoms with E-state index < -0.39 is 5.97 Å². The van der Waals surface area contributed by atoms with Gasteiger partial charge in [0, 0.05) is 6.07 Å². The van der Waals surface area contributed by atoms with Crippen LogP contribution in [0.4, 0.5) is 0 Å². The molecule has 0 saturated carbocycles. The smallest absolute Gasteiger partial charge is 0.354 e. The van der Waals surface area contributed by atoms with Crippen molar-refractivity contribution >= 4 is 5.97 Å². The van der Waals surface area contributed by atoms with Crippen molar-refractivity contribution in [3.63, 3.8) is 0 Å². The molecule has 1 heterocycles. The zero-order valence-electron chi connectivity index (χ0n) is 8.93. The zero-order valence-corrected chi connectivity index (χ0v) is 8.93. The number of carboxylic acid groups (broad SMARTS) is 1. The van der Waals surface area contributed by atoms with E-state index in [-0.39, 0.29) is 11.8 Å². The van der Waals surface area contributed by atoms with Crippen LogP contribution in [0.3, 0.4) is 0 Å². The topological polar surface area (TPSA) is 59.4 Å². The third kappa shape index (κ3) is 3.58. The van der Waals surface area contributed by atoms with Crippen molar-refractivity contribution in [1.82, 2.24) is 4.98 Å². The monoisotopic (exact) mass is 209 g/mol. The number of hydrogen-bond acceptors (Lipinski definition) is 3. The molecule has 1 N–H and O–H groups in total. The molecule has 0 radical (unpaired) electrons. The molecule has 1 unspecified atom stereocenters. The average Bonchev–Trinajstić information content (AvgIpc) is 2.18. The Morgan fingerprint density at radius 2 is 2.33 bits per heavy atom. The van der Waals surface area contributed by atoms with Crippen LogP contribution < -0.4 is 4.74 Å². The summed E-state index contributed by atoms with van der Waals surface area (Å²) in [5, 5.41) is 8.73. The number of nitrogens with zero attached hydrogens (tertiary/aromatic N) is 1. The second-order valence-corrected chi connectivity index (χ2v) is 3.38. The van der Waals surface area contributed by atoms with Crippen molar-refractivity contribution in [2.24, 2.45) is 0 Å². The lowest BCUT2D eigenvalue weighted by Crippen LogP contribution is -2.13. The van der Waals surface area contributed by atoms with Gasteiger partial charge in [-0.3, -0.25) is 0 Å². The van der Waals surface area contributed by atoms with E-state index in [2.05, 4.69) is 11.9 Å². The van der Waals surface area contributed by atoms with Gasteiger partial charge in [0.05, 0.1) is 6.10 Å². The van der Waals surface area contributed by atoms with E-state index in [9.17, 15) is 4.79 Å². The van der Waals surface area contributed by atoms with Gasteiger partial charge in [0.25, 0.3) is 0 Å². The Morgan fingerprint density at radius 3 is 2.93 bits per heavy atom. The zero-order chi connectivity index (χ0) is 11.3. The molecule has 4 nitrogen and oxygen atoms in total. The second-order valence-electron chi connectivity index (χ2n) is 3.38. The largest absolute Gasteiger partial charge is 0.477 e. The molecule has 0 aromatic carbocycles. The molecule has 0 aliphatic rings. The summed E-state index contributed by atoms with van der Waals surface area (Å²) in [6.07, 6.45) is 2.02. The van der Waals surface area contributed by atoms with Gasteiger partial charge < -0.3 is 9.84 Å². The molecule has 4 heteroatoms. The molecule has 0 bridgehead atoms. The number of rotatable bonds is 5. The molecule has 0 aliphatic heterocycles. The average molecular weight is 209 g/mol. The van der Waals surface area contributed by atoms with E-state index in [0.29, 0.717) is 5.88 Å². The Balaban J connectivity index is 2.69. The van der Waals surface area contributed by atoms with Crippen molar-refractivity contribution in [1.29, 1.82) is 0 Å². The highest BCUT2D eigenvalue weighted by Crippen LogP contribution is 2.11. The van der Waals surface area contributed by atoms with Crippen molar-refractivity contribution in [3.8, 4) is 5.88 Å². The molecular weight excluding hydrogens is 194 g/mol. The summed E-state index contributed by atoms with van der Waals surface area (Å²) < 4.78 is 5.47. The van der Waals surface area contributed by atoms with E-state index in [0.717, 1.165) is 12.8 Å². The maximum Gasteiger partial charge on any atom is 0.354 e. The molecule has 0 amide bonds. The number of hydrogen-bond donors (Lipinski definition) is 1. The standard InChI is InChI=1S/C11H15NO3/c1-3-5-8(2)15-10-7-4-6-9(12-10)11(13)14/h4,6-8H,3,5H2,1-2H3,(H,13,14). The number of aromatic carboxylic acids is 1. The van der Waals surface area contributed by atoms with Gasteiger partial charge in [0.15, 0.2) is 5.69 Å². The molecular formula is C11H15NO3. The molecule has 1 aromatic rings. The number of aromatic nitrogens is 1. The van der Waals surface area contributed by atoms with Crippen LogP contribution in [0.15, 0.2) is 18.2 Å². The molecule has 0 aliphatic carbocycles. The first-order valence-electron chi connectivity index (χ1n) is 5.00. The summed E-state index contributed by atoms with van der Waals surface area (Å²) in [7, 11) is 0. The van der Waals surface area contributed by atoms with Crippen LogP contribution in [0, 0.1) is 0 Å².